The van der Waals surface area contributed by atoms with Crippen LogP contribution in [0.4, 0.5) is 5.00 Å². The first-order chi connectivity index (χ1) is 7.19. The number of hydrogen-bond acceptors (Lipinski definition) is 5. The van der Waals surface area contributed by atoms with E-state index in [-0.39, 0.29) is 12.5 Å². The van der Waals surface area contributed by atoms with Crippen molar-refractivity contribution in [3.05, 3.63) is 17.0 Å². The fourth-order valence-electron chi connectivity index (χ4n) is 0.971. The van der Waals surface area contributed by atoms with Crippen LogP contribution < -0.4 is 5.32 Å². The molecule has 0 unspecified atom stereocenters. The van der Waals surface area contributed by atoms with Crippen LogP contribution in [0.15, 0.2) is 11.4 Å². The van der Waals surface area contributed by atoms with Crippen molar-refractivity contribution in [2.24, 2.45) is 0 Å². The Labute approximate surface area is 91.0 Å². The van der Waals surface area contributed by atoms with E-state index in [4.69, 9.17) is 0 Å². The van der Waals surface area contributed by atoms with Gasteiger partial charge in [-0.1, -0.05) is 0 Å². The standard InChI is InChI=1S/C9H11NO4S/c1-13-5-7(11)10-8-6(3-4-15-8)9(12)14-2/h3-4H,5H2,1-2H3,(H,10,11). The third-order valence-corrected chi connectivity index (χ3v) is 2.43. The number of anilines is 1. The molecule has 0 saturated carbocycles. The van der Waals surface area contributed by atoms with Crippen molar-refractivity contribution in [3.8, 4) is 0 Å². The summed E-state index contributed by atoms with van der Waals surface area (Å²) in [5.41, 5.74) is 0.354. The number of methoxy groups -OCH3 is 2. The number of nitrogens with one attached hydrogen (secondary N) is 1. The highest BCUT2D eigenvalue weighted by Crippen LogP contribution is 2.23. The average Bonchev–Trinajstić information content (AvgIpc) is 2.65. The average molecular weight is 229 g/mol. The molecular weight excluding hydrogens is 218 g/mol. The predicted molar refractivity (Wildman–Crippen MR) is 56.2 cm³/mol. The molecule has 1 N–H and O–H groups in total. The van der Waals surface area contributed by atoms with Crippen molar-refractivity contribution in [1.82, 2.24) is 0 Å². The number of rotatable bonds is 4. The Morgan fingerprint density at radius 1 is 1.47 bits per heavy atom. The summed E-state index contributed by atoms with van der Waals surface area (Å²) in [6.07, 6.45) is 0. The van der Waals surface area contributed by atoms with E-state index in [2.05, 4.69) is 14.8 Å². The molecule has 0 aromatic carbocycles. The molecule has 0 aliphatic carbocycles. The Morgan fingerprint density at radius 2 is 2.20 bits per heavy atom. The van der Waals surface area contributed by atoms with Gasteiger partial charge in [-0.2, -0.15) is 0 Å². The zero-order valence-corrected chi connectivity index (χ0v) is 9.22. The lowest BCUT2D eigenvalue weighted by Crippen LogP contribution is -2.18. The molecule has 15 heavy (non-hydrogen) atoms. The van der Waals surface area contributed by atoms with Crippen molar-refractivity contribution in [1.29, 1.82) is 0 Å². The summed E-state index contributed by atoms with van der Waals surface area (Å²) in [7, 11) is 2.72. The Kier molecular flexibility index (Phi) is 4.26. The fourth-order valence-corrected chi connectivity index (χ4v) is 1.76. The molecule has 0 radical (unpaired) electrons. The van der Waals surface area contributed by atoms with Crippen LogP contribution in [0.2, 0.25) is 0 Å². The van der Waals surface area contributed by atoms with Crippen molar-refractivity contribution >= 4 is 28.2 Å². The SMILES string of the molecule is COCC(=O)Nc1sccc1C(=O)OC. The van der Waals surface area contributed by atoms with Crippen molar-refractivity contribution in [2.45, 2.75) is 0 Å². The quantitative estimate of drug-likeness (QED) is 0.786. The fraction of sp³-hybridized carbons (Fsp3) is 0.333. The van der Waals surface area contributed by atoms with E-state index in [9.17, 15) is 9.59 Å². The molecule has 1 amide bonds. The maximum absolute atomic E-state index is 11.2. The van der Waals surface area contributed by atoms with Gasteiger partial charge in [-0.05, 0) is 11.4 Å². The van der Waals surface area contributed by atoms with Gasteiger partial charge in [0.15, 0.2) is 0 Å². The van der Waals surface area contributed by atoms with Gasteiger partial charge in [-0.15, -0.1) is 11.3 Å². The minimum absolute atomic E-state index is 0.0431. The molecule has 0 aliphatic heterocycles. The minimum Gasteiger partial charge on any atom is -0.465 e. The van der Waals surface area contributed by atoms with E-state index in [0.29, 0.717) is 10.6 Å². The normalized spacial score (nSPS) is 9.73. The number of esters is 1. The molecule has 1 aromatic heterocycles. The number of amides is 1. The van der Waals surface area contributed by atoms with Crippen LogP contribution in [-0.4, -0.2) is 32.7 Å². The van der Waals surface area contributed by atoms with Crippen molar-refractivity contribution in [3.63, 3.8) is 0 Å². The maximum Gasteiger partial charge on any atom is 0.340 e. The van der Waals surface area contributed by atoms with Crippen LogP contribution in [0.25, 0.3) is 0 Å². The second-order valence-corrected chi connectivity index (χ2v) is 3.55. The summed E-state index contributed by atoms with van der Waals surface area (Å²) < 4.78 is 9.22. The maximum atomic E-state index is 11.2. The molecule has 0 saturated heterocycles. The van der Waals surface area contributed by atoms with Crippen molar-refractivity contribution < 1.29 is 19.1 Å². The van der Waals surface area contributed by atoms with Gasteiger partial charge in [0.05, 0.1) is 12.7 Å². The molecule has 0 bridgehead atoms. The molecular formula is C9H11NO4S. The van der Waals surface area contributed by atoms with Gasteiger partial charge in [0.25, 0.3) is 5.91 Å². The lowest BCUT2D eigenvalue weighted by Gasteiger charge is -2.03. The lowest BCUT2D eigenvalue weighted by molar-refractivity contribution is -0.119. The van der Waals surface area contributed by atoms with Gasteiger partial charge >= 0.3 is 5.97 Å². The highest BCUT2D eigenvalue weighted by Gasteiger charge is 2.14. The summed E-state index contributed by atoms with van der Waals surface area (Å²) in [5, 5.41) is 4.74. The summed E-state index contributed by atoms with van der Waals surface area (Å²) in [6, 6.07) is 1.60. The largest absolute Gasteiger partial charge is 0.465 e. The Bertz CT molecular complexity index is 361. The molecule has 5 nitrogen and oxygen atoms in total. The lowest BCUT2D eigenvalue weighted by atomic mass is 10.3. The number of hydrogen-bond donors (Lipinski definition) is 1. The van der Waals surface area contributed by atoms with Crippen molar-refractivity contribution in [2.75, 3.05) is 26.1 Å². The minimum atomic E-state index is -0.469. The topological polar surface area (TPSA) is 64.6 Å². The molecule has 0 aliphatic rings. The number of thiophene rings is 1. The van der Waals surface area contributed by atoms with E-state index in [1.165, 1.54) is 25.6 Å². The highest BCUT2D eigenvalue weighted by molar-refractivity contribution is 7.14. The van der Waals surface area contributed by atoms with Crippen LogP contribution in [0, 0.1) is 0 Å². The van der Waals surface area contributed by atoms with Crippen LogP contribution in [-0.2, 0) is 14.3 Å². The zero-order valence-electron chi connectivity index (χ0n) is 8.40. The summed E-state index contributed by atoms with van der Waals surface area (Å²) in [6.45, 7) is -0.0431. The molecule has 1 rings (SSSR count). The Hall–Kier alpha value is -1.40. The van der Waals surface area contributed by atoms with Crippen LogP contribution in [0.1, 0.15) is 10.4 Å². The molecule has 6 heteroatoms. The van der Waals surface area contributed by atoms with E-state index in [0.717, 1.165) is 0 Å². The zero-order chi connectivity index (χ0) is 11.3. The number of ether oxygens (including phenoxy) is 2. The van der Waals surface area contributed by atoms with Crippen LogP contribution >= 0.6 is 11.3 Å². The Balaban J connectivity index is 2.73. The number of carbonyl (C=O) groups excluding carboxylic acids is 2. The van der Waals surface area contributed by atoms with E-state index >= 15 is 0 Å². The first kappa shape index (κ1) is 11.7. The second-order valence-electron chi connectivity index (χ2n) is 2.64. The van der Waals surface area contributed by atoms with E-state index in [1.54, 1.807) is 11.4 Å². The summed E-state index contributed by atoms with van der Waals surface area (Å²) in [4.78, 5) is 22.4. The van der Waals surface area contributed by atoms with Crippen LogP contribution in [0.5, 0.6) is 0 Å². The summed E-state index contributed by atoms with van der Waals surface area (Å²) >= 11 is 1.26. The third-order valence-electron chi connectivity index (χ3n) is 1.60. The van der Waals surface area contributed by atoms with Gasteiger partial charge in [-0.3, -0.25) is 4.79 Å². The number of carbonyl (C=O) groups is 2. The molecule has 1 heterocycles. The monoisotopic (exact) mass is 229 g/mol. The molecule has 82 valence electrons. The second kappa shape index (κ2) is 5.47. The van der Waals surface area contributed by atoms with E-state index in [1.807, 2.05) is 0 Å². The third kappa shape index (κ3) is 3.03. The highest BCUT2D eigenvalue weighted by atomic mass is 32.1. The van der Waals surface area contributed by atoms with Gasteiger partial charge in [-0.25, -0.2) is 4.79 Å². The predicted octanol–water partition coefficient (Wildman–Crippen LogP) is 1.12. The molecule has 0 spiro atoms. The molecule has 0 fully saturated rings. The van der Waals surface area contributed by atoms with E-state index < -0.39 is 5.97 Å². The summed E-state index contributed by atoms with van der Waals surface area (Å²) in [5.74, 6) is -0.769. The first-order valence-corrected chi connectivity index (χ1v) is 5.01. The molecule has 1 aromatic rings. The smallest absolute Gasteiger partial charge is 0.340 e. The molecule has 0 atom stereocenters. The van der Waals surface area contributed by atoms with Gasteiger partial charge in [0.2, 0.25) is 0 Å². The van der Waals surface area contributed by atoms with Gasteiger partial charge in [0, 0.05) is 7.11 Å². The first-order valence-electron chi connectivity index (χ1n) is 4.13. The van der Waals surface area contributed by atoms with Gasteiger partial charge < -0.3 is 14.8 Å². The Morgan fingerprint density at radius 3 is 2.80 bits per heavy atom. The van der Waals surface area contributed by atoms with Crippen LogP contribution in [0.3, 0.4) is 0 Å². The van der Waals surface area contributed by atoms with Gasteiger partial charge in [0.1, 0.15) is 11.6 Å².